The highest BCUT2D eigenvalue weighted by Gasteiger charge is 2.30. The minimum atomic E-state index is -4.37. The topological polar surface area (TPSA) is 54.5 Å². The quantitative estimate of drug-likeness (QED) is 0.735. The predicted molar refractivity (Wildman–Crippen MR) is 62.1 cm³/mol. The second-order valence-electron chi connectivity index (χ2n) is 3.91. The summed E-state index contributed by atoms with van der Waals surface area (Å²) in [5, 5.41) is 0. The maximum absolute atomic E-state index is 12.6. The molecule has 3 rings (SSSR count). The number of fused-ring (bicyclic) bond motifs is 1. The molecule has 0 amide bonds. The number of rotatable bonds is 1. The molecule has 0 aliphatic carbocycles. The molecule has 19 heavy (non-hydrogen) atoms. The van der Waals surface area contributed by atoms with E-state index in [0.717, 1.165) is 12.1 Å². The van der Waals surface area contributed by atoms with Gasteiger partial charge in [-0.25, -0.2) is 9.97 Å². The van der Waals surface area contributed by atoms with E-state index in [1.165, 1.54) is 24.7 Å². The van der Waals surface area contributed by atoms with Crippen LogP contribution in [0.3, 0.4) is 0 Å². The van der Waals surface area contributed by atoms with Crippen LogP contribution in [-0.4, -0.2) is 19.9 Å². The minimum Gasteiger partial charge on any atom is -0.337 e. The van der Waals surface area contributed by atoms with Crippen LogP contribution < -0.4 is 0 Å². The summed E-state index contributed by atoms with van der Waals surface area (Å²) in [6, 6.07) is 3.36. The summed E-state index contributed by atoms with van der Waals surface area (Å²) in [5.41, 5.74) is 0.533. The van der Waals surface area contributed by atoms with Gasteiger partial charge in [-0.05, 0) is 18.2 Å². The van der Waals surface area contributed by atoms with E-state index in [-0.39, 0.29) is 0 Å². The third-order valence-corrected chi connectivity index (χ3v) is 2.62. The van der Waals surface area contributed by atoms with Crippen molar-refractivity contribution in [3.05, 3.63) is 42.4 Å². The molecular formula is C12H7F3N4. The summed E-state index contributed by atoms with van der Waals surface area (Å²) in [5.74, 6) is 0.391. The molecule has 2 aromatic heterocycles. The van der Waals surface area contributed by atoms with E-state index in [1.54, 1.807) is 0 Å². The number of H-pyrrole nitrogens is 1. The molecule has 0 bridgehead atoms. The first kappa shape index (κ1) is 11.6. The number of alkyl halides is 3. The van der Waals surface area contributed by atoms with Gasteiger partial charge in [-0.15, -0.1) is 0 Å². The second-order valence-corrected chi connectivity index (χ2v) is 3.91. The van der Waals surface area contributed by atoms with Crippen LogP contribution >= 0.6 is 0 Å². The van der Waals surface area contributed by atoms with E-state index in [4.69, 9.17) is 0 Å². The Hall–Kier alpha value is -2.44. The summed E-state index contributed by atoms with van der Waals surface area (Å²) in [6.45, 7) is 0. The number of hydrogen-bond donors (Lipinski definition) is 1. The summed E-state index contributed by atoms with van der Waals surface area (Å²) < 4.78 is 37.8. The molecular weight excluding hydrogens is 257 g/mol. The summed E-state index contributed by atoms with van der Waals surface area (Å²) in [4.78, 5) is 14.9. The number of hydrogen-bond acceptors (Lipinski definition) is 3. The van der Waals surface area contributed by atoms with Crippen molar-refractivity contribution in [1.82, 2.24) is 19.9 Å². The van der Waals surface area contributed by atoms with Gasteiger partial charge in [-0.1, -0.05) is 0 Å². The number of halogens is 3. The smallest absolute Gasteiger partial charge is 0.337 e. The lowest BCUT2D eigenvalue weighted by Crippen LogP contribution is -2.04. The fraction of sp³-hybridized carbons (Fsp3) is 0.0833. The molecule has 0 saturated heterocycles. The molecule has 0 atom stereocenters. The first-order valence-electron chi connectivity index (χ1n) is 5.37. The Morgan fingerprint density at radius 2 is 1.95 bits per heavy atom. The van der Waals surface area contributed by atoms with E-state index in [1.807, 2.05) is 0 Å². The van der Waals surface area contributed by atoms with E-state index >= 15 is 0 Å². The molecule has 0 fully saturated rings. The van der Waals surface area contributed by atoms with Crippen molar-refractivity contribution in [2.75, 3.05) is 0 Å². The standard InChI is InChI=1S/C12H7F3N4/c13-12(14,15)7-1-2-8-9(5-7)19-11(18-8)10-6-16-3-4-17-10/h1-6H,(H,18,19). The number of aromatic amines is 1. The Kier molecular flexibility index (Phi) is 2.48. The van der Waals surface area contributed by atoms with Crippen molar-refractivity contribution in [2.24, 2.45) is 0 Å². The van der Waals surface area contributed by atoms with E-state index in [0.29, 0.717) is 22.6 Å². The fourth-order valence-corrected chi connectivity index (χ4v) is 1.73. The van der Waals surface area contributed by atoms with Gasteiger partial charge in [-0.2, -0.15) is 13.2 Å². The zero-order valence-electron chi connectivity index (χ0n) is 9.44. The van der Waals surface area contributed by atoms with E-state index in [2.05, 4.69) is 19.9 Å². The van der Waals surface area contributed by atoms with Crippen molar-refractivity contribution in [3.63, 3.8) is 0 Å². The summed E-state index contributed by atoms with van der Waals surface area (Å²) in [6.07, 6.45) is 0.117. The van der Waals surface area contributed by atoms with Crippen LogP contribution in [-0.2, 0) is 6.18 Å². The van der Waals surface area contributed by atoms with E-state index < -0.39 is 11.7 Å². The highest BCUT2D eigenvalue weighted by atomic mass is 19.4. The maximum atomic E-state index is 12.6. The molecule has 96 valence electrons. The molecule has 0 spiro atoms. The summed E-state index contributed by atoms with van der Waals surface area (Å²) >= 11 is 0. The molecule has 0 aliphatic heterocycles. The van der Waals surface area contributed by atoms with Crippen LogP contribution in [0.1, 0.15) is 5.56 Å². The SMILES string of the molecule is FC(F)(F)c1ccc2nc(-c3cnccn3)[nH]c2c1. The van der Waals surface area contributed by atoms with Crippen molar-refractivity contribution in [2.45, 2.75) is 6.18 Å². The molecule has 3 aromatic rings. The van der Waals surface area contributed by atoms with Gasteiger partial charge < -0.3 is 4.98 Å². The minimum absolute atomic E-state index is 0.315. The molecule has 0 aliphatic rings. The highest BCUT2D eigenvalue weighted by molar-refractivity contribution is 5.79. The van der Waals surface area contributed by atoms with Gasteiger partial charge in [0.2, 0.25) is 0 Å². The van der Waals surface area contributed by atoms with Gasteiger partial charge in [0.15, 0.2) is 5.82 Å². The molecule has 0 unspecified atom stereocenters. The lowest BCUT2D eigenvalue weighted by molar-refractivity contribution is -0.137. The average molecular weight is 264 g/mol. The van der Waals surface area contributed by atoms with Crippen LogP contribution in [0.25, 0.3) is 22.6 Å². The van der Waals surface area contributed by atoms with Gasteiger partial charge >= 0.3 is 6.18 Å². The number of nitrogens with one attached hydrogen (secondary N) is 1. The molecule has 4 nitrogen and oxygen atoms in total. The molecule has 2 heterocycles. The Bertz CT molecular complexity index is 719. The predicted octanol–water partition coefficient (Wildman–Crippen LogP) is 3.04. The largest absolute Gasteiger partial charge is 0.416 e. The zero-order chi connectivity index (χ0) is 13.5. The Morgan fingerprint density at radius 1 is 1.11 bits per heavy atom. The lowest BCUT2D eigenvalue weighted by Gasteiger charge is -2.05. The Labute approximate surface area is 105 Å². The number of imidazole rings is 1. The lowest BCUT2D eigenvalue weighted by atomic mass is 10.2. The normalized spacial score (nSPS) is 11.9. The van der Waals surface area contributed by atoms with E-state index in [9.17, 15) is 13.2 Å². The first-order valence-corrected chi connectivity index (χ1v) is 5.37. The van der Waals surface area contributed by atoms with Crippen molar-refractivity contribution < 1.29 is 13.2 Å². The van der Waals surface area contributed by atoms with Crippen molar-refractivity contribution in [1.29, 1.82) is 0 Å². The number of benzene rings is 1. The monoisotopic (exact) mass is 264 g/mol. The molecule has 0 saturated carbocycles. The van der Waals surface area contributed by atoms with Gasteiger partial charge in [0.05, 0.1) is 22.8 Å². The molecule has 1 N–H and O–H groups in total. The van der Waals surface area contributed by atoms with Crippen LogP contribution in [0.15, 0.2) is 36.8 Å². The Morgan fingerprint density at radius 3 is 2.63 bits per heavy atom. The summed E-state index contributed by atoms with van der Waals surface area (Å²) in [7, 11) is 0. The second kappa shape index (κ2) is 4.04. The fourth-order valence-electron chi connectivity index (χ4n) is 1.73. The third-order valence-electron chi connectivity index (χ3n) is 2.62. The third kappa shape index (κ3) is 2.14. The number of aromatic nitrogens is 4. The zero-order valence-corrected chi connectivity index (χ0v) is 9.44. The molecule has 1 aromatic carbocycles. The van der Waals surface area contributed by atoms with Crippen LogP contribution in [0, 0.1) is 0 Å². The van der Waals surface area contributed by atoms with Crippen LogP contribution in [0.4, 0.5) is 13.2 Å². The number of nitrogens with zero attached hydrogens (tertiary/aromatic N) is 3. The molecule has 7 heteroatoms. The van der Waals surface area contributed by atoms with Gasteiger partial charge in [0.1, 0.15) is 5.69 Å². The van der Waals surface area contributed by atoms with Gasteiger partial charge in [0.25, 0.3) is 0 Å². The van der Waals surface area contributed by atoms with Crippen LogP contribution in [0.5, 0.6) is 0 Å². The maximum Gasteiger partial charge on any atom is 0.416 e. The average Bonchev–Trinajstić information content (AvgIpc) is 2.81. The first-order chi connectivity index (χ1) is 9.04. The van der Waals surface area contributed by atoms with Gasteiger partial charge in [-0.3, -0.25) is 4.98 Å². The highest BCUT2D eigenvalue weighted by Crippen LogP contribution is 2.31. The van der Waals surface area contributed by atoms with Crippen LogP contribution in [0.2, 0.25) is 0 Å². The van der Waals surface area contributed by atoms with Gasteiger partial charge in [0, 0.05) is 12.4 Å². The van der Waals surface area contributed by atoms with Crippen molar-refractivity contribution in [3.8, 4) is 11.5 Å². The molecule has 0 radical (unpaired) electrons. The van der Waals surface area contributed by atoms with Crippen molar-refractivity contribution >= 4 is 11.0 Å². The Balaban J connectivity index is 2.12.